The molecule has 36 heavy (non-hydrogen) atoms. The number of nitrogen functional groups attached to an aromatic ring is 1. The van der Waals surface area contributed by atoms with Crippen molar-refractivity contribution in [2.45, 2.75) is 57.9 Å². The average Bonchev–Trinajstić information content (AvgIpc) is 2.84. The minimum atomic E-state index is -1.48. The topological polar surface area (TPSA) is 109 Å². The van der Waals surface area contributed by atoms with Gasteiger partial charge in [0.1, 0.15) is 17.8 Å². The van der Waals surface area contributed by atoms with Crippen LogP contribution in [-0.2, 0) is 16.1 Å². The molecule has 1 fully saturated rings. The summed E-state index contributed by atoms with van der Waals surface area (Å²) in [5, 5.41) is 13.5. The molecule has 0 bridgehead atoms. The highest BCUT2D eigenvalue weighted by atomic mass is 35.5. The van der Waals surface area contributed by atoms with Crippen molar-refractivity contribution in [3.8, 4) is 5.75 Å². The molecule has 1 aliphatic heterocycles. The standard InChI is InChI=1S/C25H32F2N4O3.2ClH/c1-3-33-23(25(32)31-14-16-7-9-17(10-8-16)24(28)29)21-18(26)11-12-20(22(21)27)34-15(2)19-6-4-5-13-30-19;;/h7-12,15,19,23,30H,3-6,13-14H2,1-2H3,(H3,28,29)(H,31,32);2*1H. The molecule has 3 atom stereocenters. The number of carbonyl (C=O) groups excluding carboxylic acids is 1. The second-order valence-electron chi connectivity index (χ2n) is 8.32. The molecule has 1 amide bonds. The molecule has 3 rings (SSSR count). The maximum Gasteiger partial charge on any atom is 0.254 e. The monoisotopic (exact) mass is 546 g/mol. The van der Waals surface area contributed by atoms with E-state index in [1.807, 2.05) is 6.92 Å². The van der Waals surface area contributed by atoms with Crippen molar-refractivity contribution in [2.24, 2.45) is 5.73 Å². The number of hydrogen-bond acceptors (Lipinski definition) is 5. The maximum absolute atomic E-state index is 15.4. The summed E-state index contributed by atoms with van der Waals surface area (Å²) in [6, 6.07) is 9.14. The lowest BCUT2D eigenvalue weighted by molar-refractivity contribution is -0.133. The Kier molecular flexibility index (Phi) is 13.1. The van der Waals surface area contributed by atoms with Gasteiger partial charge in [0.25, 0.3) is 5.91 Å². The third-order valence-corrected chi connectivity index (χ3v) is 5.88. The van der Waals surface area contributed by atoms with Gasteiger partial charge in [-0.15, -0.1) is 24.8 Å². The van der Waals surface area contributed by atoms with Crippen molar-refractivity contribution in [2.75, 3.05) is 13.2 Å². The Hall–Kier alpha value is -2.46. The summed E-state index contributed by atoms with van der Waals surface area (Å²) in [6.07, 6.45) is 1.25. The van der Waals surface area contributed by atoms with Crippen LogP contribution < -0.4 is 21.1 Å². The smallest absolute Gasteiger partial charge is 0.254 e. The SMILES string of the molecule is CCOC(C(=O)NCc1ccc(C(=N)N)cc1)c1c(F)ccc(OC(C)C2CCCCN2)c1F.Cl.Cl. The van der Waals surface area contributed by atoms with Crippen molar-refractivity contribution in [3.05, 3.63) is 64.7 Å². The number of amidine groups is 1. The van der Waals surface area contributed by atoms with Gasteiger partial charge in [-0.25, -0.2) is 8.78 Å². The average molecular weight is 547 g/mol. The van der Waals surface area contributed by atoms with Crippen LogP contribution in [0.5, 0.6) is 5.75 Å². The van der Waals surface area contributed by atoms with E-state index in [4.69, 9.17) is 20.6 Å². The molecule has 1 heterocycles. The molecule has 11 heteroatoms. The normalized spacial score (nSPS) is 16.6. The van der Waals surface area contributed by atoms with Gasteiger partial charge in [0.05, 0.1) is 5.56 Å². The molecule has 1 saturated heterocycles. The Balaban J connectivity index is 0.00000324. The molecule has 7 nitrogen and oxygen atoms in total. The summed E-state index contributed by atoms with van der Waals surface area (Å²) in [5.74, 6) is -2.67. The predicted octanol–water partition coefficient (Wildman–Crippen LogP) is 4.40. The summed E-state index contributed by atoms with van der Waals surface area (Å²) in [7, 11) is 0. The van der Waals surface area contributed by atoms with E-state index < -0.39 is 29.2 Å². The molecule has 2 aromatic carbocycles. The van der Waals surface area contributed by atoms with Gasteiger partial charge >= 0.3 is 0 Å². The van der Waals surface area contributed by atoms with E-state index in [1.54, 1.807) is 31.2 Å². The molecule has 1 aliphatic rings. The van der Waals surface area contributed by atoms with Gasteiger partial charge in [-0.1, -0.05) is 30.7 Å². The van der Waals surface area contributed by atoms with Crippen LogP contribution >= 0.6 is 24.8 Å². The molecule has 2 aromatic rings. The molecular weight excluding hydrogens is 513 g/mol. The second-order valence-corrected chi connectivity index (χ2v) is 8.32. The molecular formula is C25H34Cl2F2N4O3. The van der Waals surface area contributed by atoms with Crippen molar-refractivity contribution < 1.29 is 23.0 Å². The number of hydrogen-bond donors (Lipinski definition) is 4. The maximum atomic E-state index is 15.4. The lowest BCUT2D eigenvalue weighted by Crippen LogP contribution is -2.44. The number of nitrogens with one attached hydrogen (secondary N) is 3. The zero-order valence-electron chi connectivity index (χ0n) is 20.3. The van der Waals surface area contributed by atoms with Gasteiger partial charge in [-0.3, -0.25) is 10.2 Å². The summed E-state index contributed by atoms with van der Waals surface area (Å²) >= 11 is 0. The largest absolute Gasteiger partial charge is 0.486 e. The number of amides is 1. The molecule has 200 valence electrons. The van der Waals surface area contributed by atoms with Crippen LogP contribution in [0.4, 0.5) is 8.78 Å². The van der Waals surface area contributed by atoms with Gasteiger partial charge in [0.2, 0.25) is 0 Å². The quantitative estimate of drug-likeness (QED) is 0.261. The number of ether oxygens (including phenoxy) is 2. The van der Waals surface area contributed by atoms with Gasteiger partial charge in [0.15, 0.2) is 17.7 Å². The number of piperidine rings is 1. The summed E-state index contributed by atoms with van der Waals surface area (Å²) in [4.78, 5) is 12.9. The summed E-state index contributed by atoms with van der Waals surface area (Å²) < 4.78 is 41.4. The number of halogens is 4. The first-order valence-electron chi connectivity index (χ1n) is 11.5. The fraction of sp³-hybridized carbons (Fsp3) is 0.440. The molecule has 0 spiro atoms. The van der Waals surface area contributed by atoms with Crippen LogP contribution in [0.2, 0.25) is 0 Å². The highest BCUT2D eigenvalue weighted by molar-refractivity contribution is 5.94. The van der Waals surface area contributed by atoms with Gasteiger partial charge < -0.3 is 25.8 Å². The Morgan fingerprint density at radius 2 is 1.89 bits per heavy atom. The van der Waals surface area contributed by atoms with E-state index in [-0.39, 0.29) is 61.7 Å². The van der Waals surface area contributed by atoms with Crippen molar-refractivity contribution in [1.29, 1.82) is 5.41 Å². The van der Waals surface area contributed by atoms with Crippen LogP contribution in [0, 0.1) is 17.0 Å². The first-order valence-corrected chi connectivity index (χ1v) is 11.5. The minimum absolute atomic E-state index is 0. The number of carbonyl (C=O) groups is 1. The van der Waals surface area contributed by atoms with Gasteiger partial charge in [-0.05, 0) is 50.9 Å². The van der Waals surface area contributed by atoms with Gasteiger partial charge in [-0.2, -0.15) is 0 Å². The van der Waals surface area contributed by atoms with E-state index in [0.717, 1.165) is 37.4 Å². The summed E-state index contributed by atoms with van der Waals surface area (Å²) in [6.45, 7) is 4.56. The number of rotatable bonds is 10. The first kappa shape index (κ1) is 31.6. The van der Waals surface area contributed by atoms with Crippen LogP contribution in [0.3, 0.4) is 0 Å². The van der Waals surface area contributed by atoms with E-state index in [2.05, 4.69) is 10.6 Å². The Morgan fingerprint density at radius 1 is 1.19 bits per heavy atom. The predicted molar refractivity (Wildman–Crippen MR) is 140 cm³/mol. The first-order chi connectivity index (χ1) is 16.3. The third kappa shape index (κ3) is 8.03. The number of benzene rings is 2. The zero-order chi connectivity index (χ0) is 24.7. The Labute approximate surface area is 222 Å². The van der Waals surface area contributed by atoms with E-state index in [9.17, 15) is 9.18 Å². The lowest BCUT2D eigenvalue weighted by atomic mass is 10.0. The van der Waals surface area contributed by atoms with Crippen LogP contribution in [-0.4, -0.2) is 37.0 Å². The highest BCUT2D eigenvalue weighted by Crippen LogP contribution is 2.31. The van der Waals surface area contributed by atoms with E-state index in [0.29, 0.717) is 5.56 Å². The molecule has 5 N–H and O–H groups in total. The minimum Gasteiger partial charge on any atom is -0.486 e. The summed E-state index contributed by atoms with van der Waals surface area (Å²) in [5.41, 5.74) is 6.26. The van der Waals surface area contributed by atoms with Crippen molar-refractivity contribution in [3.63, 3.8) is 0 Å². The fourth-order valence-corrected chi connectivity index (χ4v) is 3.98. The van der Waals surface area contributed by atoms with E-state index >= 15 is 4.39 Å². The third-order valence-electron chi connectivity index (χ3n) is 5.88. The molecule has 0 aliphatic carbocycles. The van der Waals surface area contributed by atoms with Crippen LogP contribution in [0.1, 0.15) is 55.9 Å². The molecule has 0 saturated carbocycles. The van der Waals surface area contributed by atoms with Crippen molar-refractivity contribution >= 4 is 36.6 Å². The van der Waals surface area contributed by atoms with Gasteiger partial charge in [0, 0.05) is 24.8 Å². The fourth-order valence-electron chi connectivity index (χ4n) is 3.98. The number of nitrogens with two attached hydrogens (primary N) is 1. The van der Waals surface area contributed by atoms with Crippen LogP contribution in [0.15, 0.2) is 36.4 Å². The van der Waals surface area contributed by atoms with Crippen molar-refractivity contribution in [1.82, 2.24) is 10.6 Å². The zero-order valence-corrected chi connectivity index (χ0v) is 21.9. The lowest BCUT2D eigenvalue weighted by Gasteiger charge is -2.29. The molecule has 0 radical (unpaired) electrons. The molecule has 0 aromatic heterocycles. The second kappa shape index (κ2) is 14.9. The van der Waals surface area contributed by atoms with Crippen LogP contribution in [0.25, 0.3) is 0 Å². The molecule has 3 unspecified atom stereocenters. The Bertz CT molecular complexity index is 1010. The van der Waals surface area contributed by atoms with E-state index in [1.165, 1.54) is 6.07 Å². The Morgan fingerprint density at radius 3 is 2.47 bits per heavy atom. The highest BCUT2D eigenvalue weighted by Gasteiger charge is 2.31.